The summed E-state index contributed by atoms with van der Waals surface area (Å²) in [4.78, 5) is 0. The first-order valence-electron chi connectivity index (χ1n) is 3.86. The highest BCUT2D eigenvalue weighted by molar-refractivity contribution is 5.30. The average molecular weight is 152 g/mol. The summed E-state index contributed by atoms with van der Waals surface area (Å²) in [5.41, 5.74) is 6.29. The van der Waals surface area contributed by atoms with Gasteiger partial charge < -0.3 is 11.1 Å². The van der Waals surface area contributed by atoms with Crippen molar-refractivity contribution in [3.8, 4) is 0 Å². The molecule has 1 atom stereocenters. The van der Waals surface area contributed by atoms with Gasteiger partial charge in [0.25, 0.3) is 0 Å². The first-order valence-corrected chi connectivity index (χ1v) is 3.86. The summed E-state index contributed by atoms with van der Waals surface area (Å²) in [7, 11) is 0. The molecular formula is C7H12N4. The topological polar surface area (TPSA) is 55.9 Å². The van der Waals surface area contributed by atoms with Gasteiger partial charge in [-0.2, -0.15) is 5.10 Å². The highest BCUT2D eigenvalue weighted by Gasteiger charge is 2.16. The molecule has 1 aromatic heterocycles. The third-order valence-electron chi connectivity index (χ3n) is 2.03. The molecule has 4 nitrogen and oxygen atoms in total. The van der Waals surface area contributed by atoms with Crippen molar-refractivity contribution in [2.45, 2.75) is 12.5 Å². The second-order valence-electron chi connectivity index (χ2n) is 2.90. The van der Waals surface area contributed by atoms with Crippen LogP contribution in [0.3, 0.4) is 0 Å². The van der Waals surface area contributed by atoms with Gasteiger partial charge in [0, 0.05) is 12.7 Å². The number of hydrogen-bond donors (Lipinski definition) is 2. The van der Waals surface area contributed by atoms with Gasteiger partial charge in [0.05, 0.1) is 17.9 Å². The van der Waals surface area contributed by atoms with E-state index >= 15 is 0 Å². The third-order valence-corrected chi connectivity index (χ3v) is 2.03. The van der Waals surface area contributed by atoms with E-state index in [1.165, 1.54) is 0 Å². The molecule has 0 saturated carbocycles. The van der Waals surface area contributed by atoms with Crippen LogP contribution in [-0.4, -0.2) is 22.9 Å². The number of aromatic nitrogens is 2. The largest absolute Gasteiger partial charge is 0.396 e. The second-order valence-corrected chi connectivity index (χ2v) is 2.90. The average Bonchev–Trinajstić information content (AvgIpc) is 2.55. The molecule has 0 bridgehead atoms. The van der Waals surface area contributed by atoms with E-state index in [-0.39, 0.29) is 0 Å². The molecular weight excluding hydrogens is 140 g/mol. The van der Waals surface area contributed by atoms with Crippen LogP contribution in [0.4, 0.5) is 5.69 Å². The van der Waals surface area contributed by atoms with E-state index in [0.29, 0.717) is 6.04 Å². The summed E-state index contributed by atoms with van der Waals surface area (Å²) in [5.74, 6) is 0. The van der Waals surface area contributed by atoms with E-state index in [1.807, 2.05) is 10.9 Å². The fourth-order valence-corrected chi connectivity index (χ4v) is 1.42. The number of nitrogens with two attached hydrogens (primary N) is 1. The second kappa shape index (κ2) is 2.54. The Morgan fingerprint density at radius 3 is 3.18 bits per heavy atom. The molecule has 1 fully saturated rings. The lowest BCUT2D eigenvalue weighted by Gasteiger charge is -2.07. The Hall–Kier alpha value is -1.03. The molecule has 0 amide bonds. The van der Waals surface area contributed by atoms with E-state index in [0.717, 1.165) is 25.2 Å². The molecule has 0 aliphatic carbocycles. The van der Waals surface area contributed by atoms with E-state index in [4.69, 9.17) is 5.73 Å². The van der Waals surface area contributed by atoms with E-state index in [2.05, 4.69) is 10.4 Å². The Balaban J connectivity index is 2.15. The molecule has 1 saturated heterocycles. The minimum Gasteiger partial charge on any atom is -0.396 e. The van der Waals surface area contributed by atoms with Gasteiger partial charge in [-0.15, -0.1) is 0 Å². The Labute approximate surface area is 65.4 Å². The van der Waals surface area contributed by atoms with Gasteiger partial charge in [-0.25, -0.2) is 0 Å². The predicted octanol–water partition coefficient (Wildman–Crippen LogP) is -0.000300. The molecule has 2 heterocycles. The van der Waals surface area contributed by atoms with Gasteiger partial charge >= 0.3 is 0 Å². The molecule has 3 N–H and O–H groups in total. The van der Waals surface area contributed by atoms with Crippen molar-refractivity contribution in [3.05, 3.63) is 12.4 Å². The van der Waals surface area contributed by atoms with Crippen LogP contribution in [0.1, 0.15) is 12.5 Å². The first kappa shape index (κ1) is 6.67. The lowest BCUT2D eigenvalue weighted by molar-refractivity contribution is 0.491. The minimum atomic E-state index is 0.507. The molecule has 60 valence electrons. The zero-order valence-corrected chi connectivity index (χ0v) is 6.33. The molecule has 1 aromatic rings. The van der Waals surface area contributed by atoms with Crippen LogP contribution in [0.5, 0.6) is 0 Å². The van der Waals surface area contributed by atoms with Crippen LogP contribution >= 0.6 is 0 Å². The first-order chi connectivity index (χ1) is 5.36. The Morgan fingerprint density at radius 2 is 2.64 bits per heavy atom. The van der Waals surface area contributed by atoms with Gasteiger partial charge in [-0.05, 0) is 13.0 Å². The monoisotopic (exact) mass is 152 g/mol. The molecule has 11 heavy (non-hydrogen) atoms. The third kappa shape index (κ3) is 1.21. The molecule has 2 rings (SSSR count). The zero-order chi connectivity index (χ0) is 7.68. The number of nitrogens with one attached hydrogen (secondary N) is 1. The van der Waals surface area contributed by atoms with Gasteiger partial charge in [0.1, 0.15) is 0 Å². The Kier molecular flexibility index (Phi) is 1.54. The Morgan fingerprint density at radius 1 is 1.73 bits per heavy atom. The summed E-state index contributed by atoms with van der Waals surface area (Å²) in [5, 5.41) is 7.43. The summed E-state index contributed by atoms with van der Waals surface area (Å²) in [6.45, 7) is 2.10. The standard InChI is InChI=1S/C7H12N4/c8-6-3-10-11(5-6)7-1-2-9-4-7/h3,5,7,9H,1-2,4,8H2/t7-/m1/s1. The molecule has 1 aliphatic heterocycles. The summed E-state index contributed by atoms with van der Waals surface area (Å²) < 4.78 is 1.94. The minimum absolute atomic E-state index is 0.507. The summed E-state index contributed by atoms with van der Waals surface area (Å²) >= 11 is 0. The van der Waals surface area contributed by atoms with Crippen LogP contribution in [0.25, 0.3) is 0 Å². The van der Waals surface area contributed by atoms with Crippen LogP contribution in [0.15, 0.2) is 12.4 Å². The molecule has 4 heteroatoms. The van der Waals surface area contributed by atoms with Gasteiger partial charge in [-0.1, -0.05) is 0 Å². The maximum Gasteiger partial charge on any atom is 0.0719 e. The number of nitrogen functional groups attached to an aromatic ring is 1. The molecule has 0 unspecified atom stereocenters. The molecule has 0 aromatic carbocycles. The molecule has 0 radical (unpaired) electrons. The maximum atomic E-state index is 5.54. The highest BCUT2D eigenvalue weighted by atomic mass is 15.3. The van der Waals surface area contributed by atoms with Crippen molar-refractivity contribution < 1.29 is 0 Å². The maximum absolute atomic E-state index is 5.54. The lowest BCUT2D eigenvalue weighted by atomic mass is 10.3. The van der Waals surface area contributed by atoms with Gasteiger partial charge in [-0.3, -0.25) is 4.68 Å². The number of nitrogens with zero attached hydrogens (tertiary/aromatic N) is 2. The van der Waals surface area contributed by atoms with Crippen LogP contribution in [0, 0.1) is 0 Å². The zero-order valence-electron chi connectivity index (χ0n) is 6.33. The number of rotatable bonds is 1. The van der Waals surface area contributed by atoms with Gasteiger partial charge in [0.2, 0.25) is 0 Å². The summed E-state index contributed by atoms with van der Waals surface area (Å²) in [6, 6.07) is 0.507. The normalized spacial score (nSPS) is 24.2. The van der Waals surface area contributed by atoms with E-state index in [1.54, 1.807) is 6.20 Å². The van der Waals surface area contributed by atoms with Crippen LogP contribution in [-0.2, 0) is 0 Å². The van der Waals surface area contributed by atoms with Gasteiger partial charge in [0.15, 0.2) is 0 Å². The van der Waals surface area contributed by atoms with Crippen molar-refractivity contribution in [1.82, 2.24) is 15.1 Å². The molecule has 1 aliphatic rings. The number of anilines is 1. The smallest absolute Gasteiger partial charge is 0.0719 e. The SMILES string of the molecule is Nc1cnn([C@@H]2CCNC2)c1. The quantitative estimate of drug-likeness (QED) is 0.595. The fourth-order valence-electron chi connectivity index (χ4n) is 1.42. The van der Waals surface area contributed by atoms with Crippen LogP contribution in [0.2, 0.25) is 0 Å². The number of hydrogen-bond acceptors (Lipinski definition) is 3. The van der Waals surface area contributed by atoms with Crippen molar-refractivity contribution in [3.63, 3.8) is 0 Å². The highest BCUT2D eigenvalue weighted by Crippen LogP contribution is 2.14. The fraction of sp³-hybridized carbons (Fsp3) is 0.571. The Bertz CT molecular complexity index is 236. The van der Waals surface area contributed by atoms with E-state index < -0.39 is 0 Å². The van der Waals surface area contributed by atoms with Crippen molar-refractivity contribution in [2.24, 2.45) is 0 Å². The van der Waals surface area contributed by atoms with Crippen molar-refractivity contribution >= 4 is 5.69 Å². The van der Waals surface area contributed by atoms with Crippen molar-refractivity contribution in [2.75, 3.05) is 18.8 Å². The summed E-state index contributed by atoms with van der Waals surface area (Å²) in [6.07, 6.45) is 4.73. The molecule has 0 spiro atoms. The van der Waals surface area contributed by atoms with Crippen molar-refractivity contribution in [1.29, 1.82) is 0 Å². The van der Waals surface area contributed by atoms with Crippen LogP contribution < -0.4 is 11.1 Å². The lowest BCUT2D eigenvalue weighted by Crippen LogP contribution is -2.13. The van der Waals surface area contributed by atoms with E-state index in [9.17, 15) is 0 Å². The predicted molar refractivity (Wildman–Crippen MR) is 43.2 cm³/mol.